The number of methoxy groups -OCH3 is 1. The van der Waals surface area contributed by atoms with Crippen molar-refractivity contribution in [3.63, 3.8) is 0 Å². The Morgan fingerprint density at radius 3 is 2.72 bits per heavy atom. The van der Waals surface area contributed by atoms with E-state index < -0.39 is 0 Å². The van der Waals surface area contributed by atoms with E-state index in [-0.39, 0.29) is 0 Å². The molecule has 0 aliphatic carbocycles. The van der Waals surface area contributed by atoms with Gasteiger partial charge in [0.25, 0.3) is 0 Å². The Morgan fingerprint density at radius 2 is 2.11 bits per heavy atom. The van der Waals surface area contributed by atoms with Crippen LogP contribution in [-0.4, -0.2) is 26.6 Å². The molecule has 1 N–H and O–H groups in total. The molecule has 6 heteroatoms. The standard InChI is InChI=1S/C12H18N4OS/c1-4-8(5-2)6-16-10-9(15-12(16)18)11(17-3)14-7-13-10/h7-8H,4-6H2,1-3H3,(H,15,18). The van der Waals surface area contributed by atoms with Crippen LogP contribution < -0.4 is 4.74 Å². The smallest absolute Gasteiger partial charge is 0.242 e. The number of ether oxygens (including phenoxy) is 1. The van der Waals surface area contributed by atoms with Gasteiger partial charge in [-0.3, -0.25) is 0 Å². The quantitative estimate of drug-likeness (QED) is 0.845. The molecular weight excluding hydrogens is 248 g/mol. The number of aromatic amines is 1. The molecule has 0 amide bonds. The van der Waals surface area contributed by atoms with Crippen molar-refractivity contribution in [1.29, 1.82) is 0 Å². The van der Waals surface area contributed by atoms with E-state index in [1.807, 2.05) is 4.57 Å². The van der Waals surface area contributed by atoms with Gasteiger partial charge >= 0.3 is 0 Å². The summed E-state index contributed by atoms with van der Waals surface area (Å²) in [5, 5.41) is 0. The van der Waals surface area contributed by atoms with Crippen LogP contribution in [0.4, 0.5) is 0 Å². The van der Waals surface area contributed by atoms with Crippen LogP contribution >= 0.6 is 12.2 Å². The number of nitrogens with one attached hydrogen (secondary N) is 1. The topological polar surface area (TPSA) is 55.7 Å². The Morgan fingerprint density at radius 1 is 1.39 bits per heavy atom. The Bertz CT molecular complexity index is 585. The molecule has 0 atom stereocenters. The highest BCUT2D eigenvalue weighted by atomic mass is 32.1. The normalized spacial score (nSPS) is 11.3. The Hall–Kier alpha value is -1.43. The summed E-state index contributed by atoms with van der Waals surface area (Å²) in [5.41, 5.74) is 1.59. The maximum atomic E-state index is 5.36. The Labute approximate surface area is 111 Å². The molecule has 0 bridgehead atoms. The van der Waals surface area contributed by atoms with Crippen molar-refractivity contribution in [2.24, 2.45) is 5.92 Å². The zero-order valence-electron chi connectivity index (χ0n) is 10.9. The molecule has 5 nitrogen and oxygen atoms in total. The fourth-order valence-corrected chi connectivity index (χ4v) is 2.34. The van der Waals surface area contributed by atoms with Crippen molar-refractivity contribution in [3.05, 3.63) is 11.1 Å². The van der Waals surface area contributed by atoms with Gasteiger partial charge in [-0.25, -0.2) is 4.98 Å². The van der Waals surface area contributed by atoms with Crippen molar-refractivity contribution in [2.45, 2.75) is 33.2 Å². The fraction of sp³-hybridized carbons (Fsp3) is 0.583. The minimum Gasteiger partial charge on any atom is -0.479 e. The minimum atomic E-state index is 0.536. The summed E-state index contributed by atoms with van der Waals surface area (Å²) in [7, 11) is 1.59. The van der Waals surface area contributed by atoms with E-state index in [0.717, 1.165) is 30.6 Å². The highest BCUT2D eigenvalue weighted by Gasteiger charge is 2.13. The van der Waals surface area contributed by atoms with E-state index in [4.69, 9.17) is 17.0 Å². The second-order valence-corrected chi connectivity index (χ2v) is 4.69. The number of rotatable bonds is 5. The number of hydrogen-bond acceptors (Lipinski definition) is 4. The predicted octanol–water partition coefficient (Wildman–Crippen LogP) is 2.93. The number of fused-ring (bicyclic) bond motifs is 1. The second kappa shape index (κ2) is 5.48. The molecule has 2 aromatic rings. The van der Waals surface area contributed by atoms with Crippen molar-refractivity contribution in [2.75, 3.05) is 7.11 Å². The molecule has 0 saturated carbocycles. The number of H-pyrrole nitrogens is 1. The molecule has 2 heterocycles. The van der Waals surface area contributed by atoms with Crippen LogP contribution in [0.15, 0.2) is 6.33 Å². The lowest BCUT2D eigenvalue weighted by molar-refractivity contribution is 0.401. The van der Waals surface area contributed by atoms with E-state index >= 15 is 0 Å². The third kappa shape index (κ3) is 2.25. The number of hydrogen-bond donors (Lipinski definition) is 1. The van der Waals surface area contributed by atoms with E-state index in [0.29, 0.717) is 16.6 Å². The molecule has 0 aromatic carbocycles. The van der Waals surface area contributed by atoms with Crippen LogP contribution in [0.3, 0.4) is 0 Å². The lowest BCUT2D eigenvalue weighted by atomic mass is 10.0. The molecule has 18 heavy (non-hydrogen) atoms. The molecule has 0 aliphatic rings. The molecule has 0 saturated heterocycles. The van der Waals surface area contributed by atoms with Crippen LogP contribution in [0, 0.1) is 10.7 Å². The summed E-state index contributed by atoms with van der Waals surface area (Å²) in [4.78, 5) is 11.5. The minimum absolute atomic E-state index is 0.536. The Kier molecular flexibility index (Phi) is 3.96. The largest absolute Gasteiger partial charge is 0.479 e. The van der Waals surface area contributed by atoms with E-state index in [9.17, 15) is 0 Å². The van der Waals surface area contributed by atoms with E-state index in [1.54, 1.807) is 7.11 Å². The van der Waals surface area contributed by atoms with Gasteiger partial charge in [0.05, 0.1) is 7.11 Å². The molecule has 0 spiro atoms. The lowest BCUT2D eigenvalue weighted by Crippen LogP contribution is -2.09. The first-order valence-corrected chi connectivity index (χ1v) is 6.59. The summed E-state index contributed by atoms with van der Waals surface area (Å²) in [6, 6.07) is 0. The van der Waals surface area contributed by atoms with Crippen molar-refractivity contribution in [3.8, 4) is 5.88 Å². The molecule has 2 rings (SSSR count). The number of imidazole rings is 1. The van der Waals surface area contributed by atoms with Gasteiger partial charge in [0.1, 0.15) is 11.8 Å². The predicted molar refractivity (Wildman–Crippen MR) is 73.3 cm³/mol. The molecule has 0 radical (unpaired) electrons. The average molecular weight is 266 g/mol. The zero-order valence-corrected chi connectivity index (χ0v) is 11.8. The van der Waals surface area contributed by atoms with Gasteiger partial charge in [-0.05, 0) is 18.1 Å². The van der Waals surface area contributed by atoms with Crippen LogP contribution in [0.2, 0.25) is 0 Å². The first kappa shape index (κ1) is 13.0. The zero-order chi connectivity index (χ0) is 13.1. The summed E-state index contributed by atoms with van der Waals surface area (Å²) < 4.78 is 7.92. The van der Waals surface area contributed by atoms with E-state index in [2.05, 4.69) is 28.8 Å². The van der Waals surface area contributed by atoms with Gasteiger partial charge < -0.3 is 14.3 Å². The maximum absolute atomic E-state index is 5.36. The van der Waals surface area contributed by atoms with Gasteiger partial charge in [-0.1, -0.05) is 26.7 Å². The summed E-state index contributed by atoms with van der Waals surface area (Å²) in [5.74, 6) is 1.14. The first-order chi connectivity index (χ1) is 8.71. The molecule has 0 unspecified atom stereocenters. The maximum Gasteiger partial charge on any atom is 0.242 e. The summed E-state index contributed by atoms with van der Waals surface area (Å²) in [6.07, 6.45) is 3.77. The highest BCUT2D eigenvalue weighted by Crippen LogP contribution is 2.22. The summed E-state index contributed by atoms with van der Waals surface area (Å²) in [6.45, 7) is 5.27. The molecule has 2 aromatic heterocycles. The molecule has 0 aliphatic heterocycles. The monoisotopic (exact) mass is 266 g/mol. The first-order valence-electron chi connectivity index (χ1n) is 6.18. The van der Waals surface area contributed by atoms with Crippen molar-refractivity contribution >= 4 is 23.4 Å². The average Bonchev–Trinajstić information content (AvgIpc) is 2.71. The van der Waals surface area contributed by atoms with Gasteiger partial charge in [-0.2, -0.15) is 4.98 Å². The molecular formula is C12H18N4OS. The SMILES string of the molecule is CCC(CC)Cn1c(=S)[nH]c2c(OC)ncnc21. The van der Waals surface area contributed by atoms with Crippen LogP contribution in [0.1, 0.15) is 26.7 Å². The highest BCUT2D eigenvalue weighted by molar-refractivity contribution is 7.71. The van der Waals surface area contributed by atoms with Gasteiger partial charge in [0, 0.05) is 6.54 Å². The van der Waals surface area contributed by atoms with Crippen LogP contribution in [0.5, 0.6) is 5.88 Å². The second-order valence-electron chi connectivity index (χ2n) is 4.30. The van der Waals surface area contributed by atoms with Crippen LogP contribution in [-0.2, 0) is 6.54 Å². The van der Waals surface area contributed by atoms with Crippen LogP contribution in [0.25, 0.3) is 11.2 Å². The van der Waals surface area contributed by atoms with Gasteiger partial charge in [0.15, 0.2) is 10.4 Å². The van der Waals surface area contributed by atoms with Crippen molar-refractivity contribution in [1.82, 2.24) is 19.5 Å². The van der Waals surface area contributed by atoms with Gasteiger partial charge in [0.2, 0.25) is 5.88 Å². The third-order valence-corrected chi connectivity index (χ3v) is 3.64. The lowest BCUT2D eigenvalue weighted by Gasteiger charge is -2.13. The van der Waals surface area contributed by atoms with Crippen molar-refractivity contribution < 1.29 is 4.74 Å². The molecule has 98 valence electrons. The third-order valence-electron chi connectivity index (χ3n) is 3.31. The fourth-order valence-electron chi connectivity index (χ4n) is 2.07. The summed E-state index contributed by atoms with van der Waals surface area (Å²) >= 11 is 5.36. The van der Waals surface area contributed by atoms with Gasteiger partial charge in [-0.15, -0.1) is 0 Å². The Balaban J connectivity index is 2.51. The number of aromatic nitrogens is 4. The van der Waals surface area contributed by atoms with E-state index in [1.165, 1.54) is 6.33 Å². The number of nitrogens with zero attached hydrogens (tertiary/aromatic N) is 3. The molecule has 0 fully saturated rings.